The van der Waals surface area contributed by atoms with E-state index in [-0.39, 0.29) is 56.8 Å². The average molecular weight is 619 g/mol. The molecular weight excluding hydrogens is 585 g/mol. The molecule has 9 aromatic carbocycles. The Bertz CT molecular complexity index is 3500. The molecule has 0 aliphatic rings. The maximum atomic E-state index is 9.50. The SMILES string of the molecule is [2H]c1c([2H])c([2H])c2c(-c3cc4oc5ccc6ccccc6c5c4c4ccccc34)c3c([2H])c([2H])c([2H])c([2H])c3c(-c3ccc4c(c3)oc3ccccc34)c2c1[2H]. The summed E-state index contributed by atoms with van der Waals surface area (Å²) in [6.07, 6.45) is 0. The first-order chi connectivity index (χ1) is 27.1. The van der Waals surface area contributed by atoms with Gasteiger partial charge in [-0.05, 0) is 95.7 Å². The first-order valence-electron chi connectivity index (χ1n) is 19.8. The highest BCUT2D eigenvalue weighted by Gasteiger charge is 2.22. The number of rotatable bonds is 2. The second kappa shape index (κ2) is 9.57. The van der Waals surface area contributed by atoms with Gasteiger partial charge in [0, 0.05) is 21.5 Å². The van der Waals surface area contributed by atoms with Crippen LogP contribution >= 0.6 is 0 Å². The highest BCUT2D eigenvalue weighted by atomic mass is 16.3. The van der Waals surface area contributed by atoms with Gasteiger partial charge in [-0.3, -0.25) is 0 Å². The lowest BCUT2D eigenvalue weighted by molar-refractivity contribution is 0.669. The monoisotopic (exact) mass is 618 g/mol. The van der Waals surface area contributed by atoms with Crippen molar-refractivity contribution >= 4 is 87.0 Å². The molecule has 2 heteroatoms. The fraction of sp³-hybridized carbons (Fsp3) is 0. The molecule has 0 bridgehead atoms. The Morgan fingerprint density at radius 3 is 1.73 bits per heavy atom. The third-order valence-electron chi connectivity index (χ3n) is 9.68. The molecular formula is C46H26O2. The van der Waals surface area contributed by atoms with Crippen molar-refractivity contribution < 1.29 is 19.8 Å². The molecule has 0 amide bonds. The minimum absolute atomic E-state index is 0.138. The van der Waals surface area contributed by atoms with Gasteiger partial charge >= 0.3 is 0 Å². The summed E-state index contributed by atoms with van der Waals surface area (Å²) < 4.78 is 86.3. The summed E-state index contributed by atoms with van der Waals surface area (Å²) in [6, 6.07) is 31.7. The zero-order valence-electron chi connectivity index (χ0n) is 33.2. The molecule has 2 nitrogen and oxygen atoms in total. The van der Waals surface area contributed by atoms with Crippen molar-refractivity contribution in [2.24, 2.45) is 0 Å². The van der Waals surface area contributed by atoms with E-state index in [9.17, 15) is 5.48 Å². The molecule has 0 saturated heterocycles. The van der Waals surface area contributed by atoms with Crippen LogP contribution in [0.3, 0.4) is 0 Å². The van der Waals surface area contributed by atoms with E-state index in [1.807, 2.05) is 91.0 Å². The van der Waals surface area contributed by atoms with Gasteiger partial charge in [-0.1, -0.05) is 127 Å². The van der Waals surface area contributed by atoms with Gasteiger partial charge in [0.25, 0.3) is 0 Å². The number of furan rings is 2. The summed E-state index contributed by atoms with van der Waals surface area (Å²) in [5.74, 6) is 0. The third kappa shape index (κ3) is 3.46. The standard InChI is InChI=1S/C46H26O2/c1-2-12-29-27(11-1)22-24-40-45(29)46-33-15-4-3-13-30(33)38(26-42(46)48-40)44-36-18-7-5-16-34(36)43(35-17-6-8-19-37(35)44)28-21-23-32-31-14-9-10-20-39(31)47-41(32)25-28/h1-26H/i5D,6D,7D,8D,16D,17D,18D,19D. The molecule has 2 heterocycles. The van der Waals surface area contributed by atoms with Crippen LogP contribution in [-0.2, 0) is 0 Å². The summed E-state index contributed by atoms with van der Waals surface area (Å²) in [5, 5.41) is 7.76. The molecule has 48 heavy (non-hydrogen) atoms. The Kier molecular flexibility index (Phi) is 3.85. The fourth-order valence-electron chi connectivity index (χ4n) is 7.67. The quantitative estimate of drug-likeness (QED) is 0.180. The van der Waals surface area contributed by atoms with Crippen LogP contribution in [-0.4, -0.2) is 0 Å². The molecule has 222 valence electrons. The second-order valence-electron chi connectivity index (χ2n) is 12.2. The van der Waals surface area contributed by atoms with Gasteiger partial charge in [0.15, 0.2) is 0 Å². The van der Waals surface area contributed by atoms with E-state index >= 15 is 0 Å². The summed E-state index contributed by atoms with van der Waals surface area (Å²) in [6.45, 7) is 0. The highest BCUT2D eigenvalue weighted by Crippen LogP contribution is 2.48. The molecule has 2 aromatic heterocycles. The molecule has 0 fully saturated rings. The van der Waals surface area contributed by atoms with Crippen LogP contribution in [0.2, 0.25) is 0 Å². The second-order valence-corrected chi connectivity index (χ2v) is 12.2. The number of benzene rings is 9. The minimum Gasteiger partial charge on any atom is -0.456 e. The summed E-state index contributed by atoms with van der Waals surface area (Å²) >= 11 is 0. The Morgan fingerprint density at radius 1 is 0.375 bits per heavy atom. The molecule has 11 aromatic rings. The van der Waals surface area contributed by atoms with E-state index in [2.05, 4.69) is 12.1 Å². The Balaban J connectivity index is 1.38. The third-order valence-corrected chi connectivity index (χ3v) is 9.68. The molecule has 0 atom stereocenters. The summed E-state index contributed by atoms with van der Waals surface area (Å²) in [7, 11) is 0. The van der Waals surface area contributed by atoms with Crippen molar-refractivity contribution in [3.63, 3.8) is 0 Å². The zero-order chi connectivity index (χ0) is 38.3. The summed E-state index contributed by atoms with van der Waals surface area (Å²) in [5.41, 5.74) is 3.95. The number of fused-ring (bicyclic) bond motifs is 12. The molecule has 0 spiro atoms. The van der Waals surface area contributed by atoms with Crippen LogP contribution in [0.1, 0.15) is 11.0 Å². The predicted octanol–water partition coefficient (Wildman–Crippen LogP) is 13.4. The van der Waals surface area contributed by atoms with Crippen molar-refractivity contribution in [1.82, 2.24) is 0 Å². The lowest BCUT2D eigenvalue weighted by Crippen LogP contribution is -1.92. The fourth-order valence-corrected chi connectivity index (χ4v) is 7.67. The van der Waals surface area contributed by atoms with E-state index in [4.69, 9.17) is 14.3 Å². The van der Waals surface area contributed by atoms with Gasteiger partial charge in [-0.25, -0.2) is 0 Å². The van der Waals surface area contributed by atoms with Gasteiger partial charge in [-0.15, -0.1) is 0 Å². The van der Waals surface area contributed by atoms with Crippen LogP contribution in [0.15, 0.2) is 166 Å². The van der Waals surface area contributed by atoms with Gasteiger partial charge in [0.2, 0.25) is 0 Å². The van der Waals surface area contributed by atoms with Crippen molar-refractivity contribution in [2.45, 2.75) is 0 Å². The first-order valence-corrected chi connectivity index (χ1v) is 15.8. The van der Waals surface area contributed by atoms with E-state index in [0.29, 0.717) is 33.5 Å². The van der Waals surface area contributed by atoms with Crippen molar-refractivity contribution in [3.05, 3.63) is 158 Å². The number of hydrogen-bond acceptors (Lipinski definition) is 2. The van der Waals surface area contributed by atoms with Crippen LogP contribution in [0, 0.1) is 0 Å². The van der Waals surface area contributed by atoms with Crippen molar-refractivity contribution in [1.29, 1.82) is 0 Å². The molecule has 0 N–H and O–H groups in total. The average Bonchev–Trinajstić information content (AvgIpc) is 3.80. The van der Waals surface area contributed by atoms with Gasteiger partial charge < -0.3 is 8.83 Å². The smallest absolute Gasteiger partial charge is 0.136 e. The van der Waals surface area contributed by atoms with Crippen LogP contribution in [0.25, 0.3) is 109 Å². The predicted molar refractivity (Wildman–Crippen MR) is 202 cm³/mol. The largest absolute Gasteiger partial charge is 0.456 e. The van der Waals surface area contributed by atoms with E-state index in [1.165, 1.54) is 0 Å². The molecule has 0 aliphatic heterocycles. The van der Waals surface area contributed by atoms with Crippen molar-refractivity contribution in [3.8, 4) is 22.3 Å². The van der Waals surface area contributed by atoms with Gasteiger partial charge in [0.1, 0.15) is 22.3 Å². The first kappa shape index (κ1) is 19.3. The Labute approximate surface area is 286 Å². The van der Waals surface area contributed by atoms with Crippen LogP contribution < -0.4 is 0 Å². The molecule has 0 unspecified atom stereocenters. The molecule has 11 rings (SSSR count). The molecule has 0 aliphatic carbocycles. The van der Waals surface area contributed by atoms with E-state index < -0.39 is 24.2 Å². The number of hydrogen-bond donors (Lipinski definition) is 0. The maximum Gasteiger partial charge on any atom is 0.136 e. The number of para-hydroxylation sites is 1. The normalized spacial score (nSPS) is 14.5. The Hall–Kier alpha value is -6.38. The van der Waals surface area contributed by atoms with E-state index in [1.54, 1.807) is 6.07 Å². The maximum absolute atomic E-state index is 9.50. The lowest BCUT2D eigenvalue weighted by Gasteiger charge is -2.19. The highest BCUT2D eigenvalue weighted by molar-refractivity contribution is 6.31. The van der Waals surface area contributed by atoms with Gasteiger partial charge in [-0.2, -0.15) is 0 Å². The van der Waals surface area contributed by atoms with Gasteiger partial charge in [0.05, 0.1) is 11.0 Å². The van der Waals surface area contributed by atoms with Crippen LogP contribution in [0.4, 0.5) is 0 Å². The molecule has 0 radical (unpaired) electrons. The Morgan fingerprint density at radius 2 is 0.958 bits per heavy atom. The van der Waals surface area contributed by atoms with Crippen molar-refractivity contribution in [2.75, 3.05) is 0 Å². The zero-order valence-corrected chi connectivity index (χ0v) is 25.2. The van der Waals surface area contributed by atoms with E-state index in [0.717, 1.165) is 43.1 Å². The topological polar surface area (TPSA) is 26.3 Å². The molecule has 0 saturated carbocycles. The lowest BCUT2D eigenvalue weighted by atomic mass is 9.84. The van der Waals surface area contributed by atoms with Crippen LogP contribution in [0.5, 0.6) is 0 Å². The summed E-state index contributed by atoms with van der Waals surface area (Å²) in [4.78, 5) is 0. The minimum atomic E-state index is -0.455.